The van der Waals surface area contributed by atoms with Gasteiger partial charge < -0.3 is 10.6 Å². The highest BCUT2D eigenvalue weighted by molar-refractivity contribution is 6.30. The summed E-state index contributed by atoms with van der Waals surface area (Å²) in [5, 5.41) is 6.77. The van der Waals surface area contributed by atoms with E-state index in [0.717, 1.165) is 28.3 Å². The van der Waals surface area contributed by atoms with Crippen molar-refractivity contribution in [2.24, 2.45) is 0 Å². The molecule has 2 aromatic carbocycles. The van der Waals surface area contributed by atoms with Gasteiger partial charge in [0.2, 0.25) is 5.95 Å². The van der Waals surface area contributed by atoms with Crippen LogP contribution in [0.2, 0.25) is 5.02 Å². The zero-order valence-electron chi connectivity index (χ0n) is 15.3. The minimum Gasteiger partial charge on any atom is -0.354 e. The fraction of sp³-hybridized carbons (Fsp3) is 0.190. The number of anilines is 2. The highest BCUT2D eigenvalue weighted by Crippen LogP contribution is 2.17. The number of halogens is 1. The van der Waals surface area contributed by atoms with Gasteiger partial charge in [0.05, 0.1) is 5.56 Å². The van der Waals surface area contributed by atoms with E-state index in [4.69, 9.17) is 11.6 Å². The number of nitrogens with one attached hydrogen (secondary N) is 2. The van der Waals surface area contributed by atoms with Crippen LogP contribution >= 0.6 is 11.6 Å². The first kappa shape index (κ1) is 18.9. The topological polar surface area (TPSA) is 66.9 Å². The number of amides is 1. The molecule has 1 heterocycles. The van der Waals surface area contributed by atoms with Gasteiger partial charge >= 0.3 is 0 Å². The number of carbonyl (C=O) groups excluding carboxylic acids is 1. The zero-order valence-corrected chi connectivity index (χ0v) is 16.0. The third kappa shape index (κ3) is 5.28. The third-order valence-electron chi connectivity index (χ3n) is 4.15. The molecule has 0 aliphatic rings. The molecule has 0 saturated carbocycles. The summed E-state index contributed by atoms with van der Waals surface area (Å²) in [7, 11) is 0. The van der Waals surface area contributed by atoms with Gasteiger partial charge in [-0.3, -0.25) is 4.79 Å². The first-order valence-electron chi connectivity index (χ1n) is 8.70. The first-order valence-corrected chi connectivity index (χ1v) is 9.08. The molecule has 6 heteroatoms. The fourth-order valence-corrected chi connectivity index (χ4v) is 2.78. The fourth-order valence-electron chi connectivity index (χ4n) is 2.65. The Kier molecular flexibility index (Phi) is 6.04. The lowest BCUT2D eigenvalue weighted by Gasteiger charge is -2.09. The predicted molar refractivity (Wildman–Crippen MR) is 110 cm³/mol. The average molecular weight is 381 g/mol. The summed E-state index contributed by atoms with van der Waals surface area (Å²) < 4.78 is 0. The molecule has 0 aliphatic carbocycles. The molecule has 3 rings (SSSR count). The van der Waals surface area contributed by atoms with Crippen LogP contribution in [0.5, 0.6) is 0 Å². The molecule has 138 valence electrons. The second-order valence-electron chi connectivity index (χ2n) is 6.37. The van der Waals surface area contributed by atoms with Crippen molar-refractivity contribution >= 4 is 29.1 Å². The van der Waals surface area contributed by atoms with Crippen molar-refractivity contribution in [3.05, 3.63) is 82.1 Å². The van der Waals surface area contributed by atoms with E-state index in [1.165, 1.54) is 18.0 Å². The highest BCUT2D eigenvalue weighted by atomic mass is 35.5. The molecule has 0 spiro atoms. The van der Waals surface area contributed by atoms with Crippen molar-refractivity contribution in [1.29, 1.82) is 0 Å². The summed E-state index contributed by atoms with van der Waals surface area (Å²) in [6.07, 6.45) is 3.88. The summed E-state index contributed by atoms with van der Waals surface area (Å²) in [6, 6.07) is 13.6. The molecule has 0 unspecified atom stereocenters. The monoisotopic (exact) mass is 380 g/mol. The Hall–Kier alpha value is -2.92. The van der Waals surface area contributed by atoms with Crippen LogP contribution in [0.25, 0.3) is 0 Å². The summed E-state index contributed by atoms with van der Waals surface area (Å²) >= 11 is 5.88. The Bertz CT molecular complexity index is 924. The largest absolute Gasteiger partial charge is 0.354 e. The molecule has 1 amide bonds. The van der Waals surface area contributed by atoms with Gasteiger partial charge in [-0.25, -0.2) is 9.97 Å². The molecular weight excluding hydrogens is 360 g/mol. The number of aryl methyl sites for hydroxylation is 2. The Morgan fingerprint density at radius 1 is 1.04 bits per heavy atom. The molecule has 0 saturated heterocycles. The number of hydrogen-bond acceptors (Lipinski definition) is 4. The predicted octanol–water partition coefficient (Wildman–Crippen LogP) is 4.65. The molecule has 0 radical (unpaired) electrons. The summed E-state index contributed by atoms with van der Waals surface area (Å²) in [6.45, 7) is 4.67. The molecule has 5 nitrogen and oxygen atoms in total. The second kappa shape index (κ2) is 8.64. The summed E-state index contributed by atoms with van der Waals surface area (Å²) in [5.74, 6) is 0.265. The van der Waals surface area contributed by atoms with Crippen LogP contribution in [-0.2, 0) is 6.42 Å². The highest BCUT2D eigenvalue weighted by Gasteiger charge is 2.09. The lowest BCUT2D eigenvalue weighted by Crippen LogP contribution is -2.14. The van der Waals surface area contributed by atoms with Crippen molar-refractivity contribution in [2.45, 2.75) is 20.3 Å². The van der Waals surface area contributed by atoms with E-state index in [-0.39, 0.29) is 5.91 Å². The Labute approximate surface area is 163 Å². The Balaban J connectivity index is 1.54. The van der Waals surface area contributed by atoms with Crippen molar-refractivity contribution in [3.63, 3.8) is 0 Å². The average Bonchev–Trinajstić information content (AvgIpc) is 2.66. The number of benzene rings is 2. The Morgan fingerprint density at radius 3 is 2.41 bits per heavy atom. The van der Waals surface area contributed by atoms with E-state index in [9.17, 15) is 4.79 Å². The van der Waals surface area contributed by atoms with Crippen molar-refractivity contribution in [1.82, 2.24) is 9.97 Å². The van der Waals surface area contributed by atoms with Crippen LogP contribution < -0.4 is 10.6 Å². The van der Waals surface area contributed by atoms with Gasteiger partial charge in [0, 0.05) is 29.6 Å². The van der Waals surface area contributed by atoms with E-state index in [1.807, 2.05) is 56.3 Å². The second-order valence-corrected chi connectivity index (χ2v) is 6.81. The van der Waals surface area contributed by atoms with Gasteiger partial charge in [0.1, 0.15) is 0 Å². The van der Waals surface area contributed by atoms with Crippen LogP contribution in [0.1, 0.15) is 27.0 Å². The number of rotatable bonds is 6. The van der Waals surface area contributed by atoms with Crippen LogP contribution in [0.15, 0.2) is 54.9 Å². The van der Waals surface area contributed by atoms with Gasteiger partial charge in [-0.1, -0.05) is 41.4 Å². The maximum atomic E-state index is 12.4. The molecule has 3 aromatic rings. The van der Waals surface area contributed by atoms with Crippen LogP contribution in [-0.4, -0.2) is 22.4 Å². The molecule has 0 fully saturated rings. The van der Waals surface area contributed by atoms with Gasteiger partial charge in [-0.2, -0.15) is 0 Å². The van der Waals surface area contributed by atoms with Crippen molar-refractivity contribution in [2.75, 3.05) is 17.2 Å². The maximum Gasteiger partial charge on any atom is 0.258 e. The van der Waals surface area contributed by atoms with Crippen LogP contribution in [0.3, 0.4) is 0 Å². The smallest absolute Gasteiger partial charge is 0.258 e. The minimum absolute atomic E-state index is 0.227. The molecule has 0 atom stereocenters. The first-order chi connectivity index (χ1) is 13.0. The molecule has 2 N–H and O–H groups in total. The van der Waals surface area contributed by atoms with E-state index in [2.05, 4.69) is 20.6 Å². The lowest BCUT2D eigenvalue weighted by atomic mass is 10.1. The maximum absolute atomic E-state index is 12.4. The molecule has 1 aromatic heterocycles. The van der Waals surface area contributed by atoms with Crippen LogP contribution in [0, 0.1) is 13.8 Å². The number of hydrogen-bond donors (Lipinski definition) is 2. The van der Waals surface area contributed by atoms with Crippen LogP contribution in [0.4, 0.5) is 11.6 Å². The number of aromatic nitrogens is 2. The number of carbonyl (C=O) groups is 1. The quantitative estimate of drug-likeness (QED) is 0.653. The van der Waals surface area contributed by atoms with Gasteiger partial charge in [-0.05, 0) is 49.6 Å². The molecule has 0 bridgehead atoms. The van der Waals surface area contributed by atoms with Crippen molar-refractivity contribution in [3.8, 4) is 0 Å². The SMILES string of the molecule is Cc1ccc(NC(=O)c2cnc(NCCc3ccc(Cl)cc3)nc2)c(C)c1. The van der Waals surface area contributed by atoms with Gasteiger partial charge in [0.25, 0.3) is 5.91 Å². The van der Waals surface area contributed by atoms with E-state index < -0.39 is 0 Å². The minimum atomic E-state index is -0.227. The zero-order chi connectivity index (χ0) is 19.2. The molecule has 27 heavy (non-hydrogen) atoms. The van der Waals surface area contributed by atoms with Gasteiger partial charge in [-0.15, -0.1) is 0 Å². The standard InChI is InChI=1S/C21H21ClN4O/c1-14-3-8-19(15(2)11-14)26-20(27)17-12-24-21(25-13-17)23-10-9-16-4-6-18(22)7-5-16/h3-8,11-13H,9-10H2,1-2H3,(H,26,27)(H,23,24,25). The molecule has 0 aliphatic heterocycles. The third-order valence-corrected chi connectivity index (χ3v) is 4.41. The van der Waals surface area contributed by atoms with E-state index in [0.29, 0.717) is 18.1 Å². The van der Waals surface area contributed by atoms with Gasteiger partial charge in [0.15, 0.2) is 0 Å². The summed E-state index contributed by atoms with van der Waals surface area (Å²) in [5.41, 5.74) is 4.55. The lowest BCUT2D eigenvalue weighted by molar-refractivity contribution is 0.102. The van der Waals surface area contributed by atoms with E-state index in [1.54, 1.807) is 0 Å². The van der Waals surface area contributed by atoms with Crippen molar-refractivity contribution < 1.29 is 4.79 Å². The Morgan fingerprint density at radius 2 is 1.74 bits per heavy atom. The molecular formula is C21H21ClN4O. The number of nitrogens with zero attached hydrogens (tertiary/aromatic N) is 2. The van der Waals surface area contributed by atoms with E-state index >= 15 is 0 Å². The summed E-state index contributed by atoms with van der Waals surface area (Å²) in [4.78, 5) is 20.8. The normalized spacial score (nSPS) is 10.5.